The first-order valence-corrected chi connectivity index (χ1v) is 13.4. The zero-order chi connectivity index (χ0) is 29.0. The Morgan fingerprint density at radius 3 is 2.30 bits per heavy atom. The van der Waals surface area contributed by atoms with E-state index in [1.54, 1.807) is 42.5 Å². The standard InChI is InChI=1S/C29H25Cl3N2O6/c1-4-38-25-13-17(12-24(32)26(25)40-16(2)3)11-22-27(35)33-29(37)34(28(22)36)20-7-9-21(10-8-20)39-15-18-5-6-19(30)14-23(18)31/h5-14,16H,4,15H2,1-3H3,(H,33,35,37)/b22-11+. The van der Waals surface area contributed by atoms with Crippen LogP contribution in [0.3, 0.4) is 0 Å². The summed E-state index contributed by atoms with van der Waals surface area (Å²) in [6, 6.07) is 13.6. The van der Waals surface area contributed by atoms with E-state index in [0.717, 1.165) is 10.5 Å². The van der Waals surface area contributed by atoms with Gasteiger partial charge in [0.25, 0.3) is 11.8 Å². The van der Waals surface area contributed by atoms with Gasteiger partial charge in [0.2, 0.25) is 0 Å². The average molecular weight is 604 g/mol. The van der Waals surface area contributed by atoms with E-state index in [2.05, 4.69) is 5.32 Å². The smallest absolute Gasteiger partial charge is 0.335 e. The number of nitrogens with zero attached hydrogens (tertiary/aromatic N) is 1. The summed E-state index contributed by atoms with van der Waals surface area (Å²) >= 11 is 18.6. The van der Waals surface area contributed by atoms with Gasteiger partial charge in [-0.1, -0.05) is 40.9 Å². The van der Waals surface area contributed by atoms with Crippen molar-refractivity contribution < 1.29 is 28.6 Å². The highest BCUT2D eigenvalue weighted by Crippen LogP contribution is 2.38. The summed E-state index contributed by atoms with van der Waals surface area (Å²) in [4.78, 5) is 39.5. The van der Waals surface area contributed by atoms with Gasteiger partial charge < -0.3 is 14.2 Å². The minimum Gasteiger partial charge on any atom is -0.490 e. The molecule has 1 saturated heterocycles. The number of hydrogen-bond donors (Lipinski definition) is 1. The monoisotopic (exact) mass is 602 g/mol. The van der Waals surface area contributed by atoms with Crippen molar-refractivity contribution in [3.8, 4) is 17.2 Å². The van der Waals surface area contributed by atoms with Crippen molar-refractivity contribution in [2.75, 3.05) is 11.5 Å². The maximum absolute atomic E-state index is 13.4. The molecule has 0 aliphatic carbocycles. The number of carbonyl (C=O) groups excluding carboxylic acids is 3. The molecule has 4 amide bonds. The topological polar surface area (TPSA) is 94.2 Å². The van der Waals surface area contributed by atoms with E-state index < -0.39 is 17.8 Å². The van der Waals surface area contributed by atoms with E-state index >= 15 is 0 Å². The summed E-state index contributed by atoms with van der Waals surface area (Å²) < 4.78 is 17.2. The van der Waals surface area contributed by atoms with Crippen molar-refractivity contribution in [1.29, 1.82) is 0 Å². The van der Waals surface area contributed by atoms with Crippen LogP contribution in [0.25, 0.3) is 6.08 Å². The lowest BCUT2D eigenvalue weighted by molar-refractivity contribution is -0.122. The van der Waals surface area contributed by atoms with Crippen molar-refractivity contribution in [2.24, 2.45) is 0 Å². The molecule has 0 unspecified atom stereocenters. The summed E-state index contributed by atoms with van der Waals surface area (Å²) in [7, 11) is 0. The molecule has 8 nitrogen and oxygen atoms in total. The largest absolute Gasteiger partial charge is 0.490 e. The number of anilines is 1. The Kier molecular flexibility index (Phi) is 9.25. The third kappa shape index (κ3) is 6.70. The Labute approximate surface area is 246 Å². The van der Waals surface area contributed by atoms with Gasteiger partial charge in [0.05, 0.1) is 23.4 Å². The van der Waals surface area contributed by atoms with Crippen LogP contribution in [0, 0.1) is 0 Å². The number of hydrogen-bond acceptors (Lipinski definition) is 6. The number of barbiturate groups is 1. The first kappa shape index (κ1) is 29.3. The summed E-state index contributed by atoms with van der Waals surface area (Å²) in [5.74, 6) is -0.428. The summed E-state index contributed by atoms with van der Waals surface area (Å²) in [6.45, 7) is 6.05. The summed E-state index contributed by atoms with van der Waals surface area (Å²) in [6.07, 6.45) is 1.19. The number of amides is 4. The molecule has 0 saturated carbocycles. The molecular formula is C29H25Cl3N2O6. The molecule has 0 radical (unpaired) electrons. The highest BCUT2D eigenvalue weighted by atomic mass is 35.5. The number of benzene rings is 3. The van der Waals surface area contributed by atoms with Crippen molar-refractivity contribution >= 4 is 64.4 Å². The Morgan fingerprint density at radius 2 is 1.65 bits per heavy atom. The number of carbonyl (C=O) groups is 3. The number of nitrogens with one attached hydrogen (secondary N) is 1. The molecule has 4 rings (SSSR count). The fourth-order valence-electron chi connectivity index (χ4n) is 3.83. The van der Waals surface area contributed by atoms with Gasteiger partial charge in [-0.15, -0.1) is 0 Å². The predicted octanol–water partition coefficient (Wildman–Crippen LogP) is 7.08. The van der Waals surface area contributed by atoms with Crippen LogP contribution in [-0.4, -0.2) is 30.6 Å². The molecule has 1 aliphatic heterocycles. The third-order valence-electron chi connectivity index (χ3n) is 5.60. The lowest BCUT2D eigenvalue weighted by Gasteiger charge is -2.26. The van der Waals surface area contributed by atoms with Crippen LogP contribution in [-0.2, 0) is 16.2 Å². The molecule has 0 spiro atoms. The molecule has 0 atom stereocenters. The van der Waals surface area contributed by atoms with Crippen molar-refractivity contribution in [3.05, 3.63) is 86.4 Å². The maximum Gasteiger partial charge on any atom is 0.335 e. The average Bonchev–Trinajstić information content (AvgIpc) is 2.89. The van der Waals surface area contributed by atoms with Crippen LogP contribution in [0.2, 0.25) is 15.1 Å². The van der Waals surface area contributed by atoms with Gasteiger partial charge in [0.1, 0.15) is 17.9 Å². The lowest BCUT2D eigenvalue weighted by atomic mass is 10.1. The van der Waals surface area contributed by atoms with E-state index in [0.29, 0.717) is 39.5 Å². The van der Waals surface area contributed by atoms with Crippen LogP contribution in [0.4, 0.5) is 10.5 Å². The highest BCUT2D eigenvalue weighted by Gasteiger charge is 2.37. The minimum atomic E-state index is -0.873. The van der Waals surface area contributed by atoms with E-state index in [9.17, 15) is 14.4 Å². The lowest BCUT2D eigenvalue weighted by Crippen LogP contribution is -2.54. The Hall–Kier alpha value is -3.72. The van der Waals surface area contributed by atoms with Crippen molar-refractivity contribution in [1.82, 2.24) is 5.32 Å². The van der Waals surface area contributed by atoms with Gasteiger partial charge in [-0.3, -0.25) is 14.9 Å². The maximum atomic E-state index is 13.4. The van der Waals surface area contributed by atoms with Gasteiger partial charge in [-0.2, -0.15) is 0 Å². The Bertz CT molecular complexity index is 1490. The van der Waals surface area contributed by atoms with E-state index in [1.165, 1.54) is 18.2 Å². The van der Waals surface area contributed by atoms with Gasteiger partial charge in [0, 0.05) is 15.6 Å². The molecule has 1 aliphatic rings. The minimum absolute atomic E-state index is 0.154. The second-order valence-electron chi connectivity index (χ2n) is 8.91. The first-order chi connectivity index (χ1) is 19.1. The number of halogens is 3. The molecule has 1 N–H and O–H groups in total. The van der Waals surface area contributed by atoms with Gasteiger partial charge >= 0.3 is 6.03 Å². The number of rotatable bonds is 9. The SMILES string of the molecule is CCOc1cc(/C=C2\C(=O)NC(=O)N(c3ccc(OCc4ccc(Cl)cc4Cl)cc3)C2=O)cc(Cl)c1OC(C)C. The molecule has 11 heteroatoms. The molecule has 0 bridgehead atoms. The fraction of sp³-hybridized carbons (Fsp3) is 0.207. The van der Waals surface area contributed by atoms with Gasteiger partial charge in [0.15, 0.2) is 11.5 Å². The molecule has 208 valence electrons. The summed E-state index contributed by atoms with van der Waals surface area (Å²) in [5, 5.41) is 3.45. The van der Waals surface area contributed by atoms with E-state index in [-0.39, 0.29) is 29.0 Å². The second kappa shape index (κ2) is 12.6. The van der Waals surface area contributed by atoms with Crippen LogP contribution < -0.4 is 24.4 Å². The first-order valence-electron chi connectivity index (χ1n) is 12.3. The molecule has 3 aromatic carbocycles. The number of urea groups is 1. The highest BCUT2D eigenvalue weighted by molar-refractivity contribution is 6.39. The third-order valence-corrected chi connectivity index (χ3v) is 6.47. The number of ether oxygens (including phenoxy) is 3. The Morgan fingerprint density at radius 1 is 0.925 bits per heavy atom. The zero-order valence-electron chi connectivity index (χ0n) is 21.8. The van der Waals surface area contributed by atoms with Crippen molar-refractivity contribution in [2.45, 2.75) is 33.5 Å². The second-order valence-corrected chi connectivity index (χ2v) is 10.2. The molecule has 0 aromatic heterocycles. The zero-order valence-corrected chi connectivity index (χ0v) is 24.1. The van der Waals surface area contributed by atoms with E-state index in [4.69, 9.17) is 49.0 Å². The fourth-order valence-corrected chi connectivity index (χ4v) is 4.56. The van der Waals surface area contributed by atoms with Crippen LogP contribution in [0.1, 0.15) is 31.9 Å². The summed E-state index contributed by atoms with van der Waals surface area (Å²) in [5.41, 5.74) is 1.15. The predicted molar refractivity (Wildman–Crippen MR) is 155 cm³/mol. The molecule has 1 fully saturated rings. The van der Waals surface area contributed by atoms with Crippen LogP contribution >= 0.6 is 34.8 Å². The van der Waals surface area contributed by atoms with Crippen LogP contribution in [0.5, 0.6) is 17.2 Å². The van der Waals surface area contributed by atoms with Crippen LogP contribution in [0.15, 0.2) is 60.2 Å². The normalized spacial score (nSPS) is 14.5. The molecule has 3 aromatic rings. The molecule has 1 heterocycles. The van der Waals surface area contributed by atoms with E-state index in [1.807, 2.05) is 20.8 Å². The van der Waals surface area contributed by atoms with Gasteiger partial charge in [-0.25, -0.2) is 9.69 Å². The van der Waals surface area contributed by atoms with Gasteiger partial charge in [-0.05, 0) is 80.9 Å². The van der Waals surface area contributed by atoms with Crippen molar-refractivity contribution in [3.63, 3.8) is 0 Å². The molecular weight excluding hydrogens is 579 g/mol. The number of imide groups is 2. The molecule has 40 heavy (non-hydrogen) atoms. The quantitative estimate of drug-likeness (QED) is 0.208. The Balaban J connectivity index is 1.57.